The van der Waals surface area contributed by atoms with E-state index < -0.39 is 6.04 Å². The number of benzene rings is 1. The van der Waals surface area contributed by atoms with Gasteiger partial charge in [0.2, 0.25) is 0 Å². The maximum absolute atomic E-state index is 11.7. The van der Waals surface area contributed by atoms with Crippen molar-refractivity contribution in [2.45, 2.75) is 51.6 Å². The van der Waals surface area contributed by atoms with Crippen molar-refractivity contribution >= 4 is 5.97 Å². The van der Waals surface area contributed by atoms with Gasteiger partial charge in [0, 0.05) is 6.04 Å². The van der Waals surface area contributed by atoms with Gasteiger partial charge in [0.1, 0.15) is 18.4 Å². The number of carbonyl (C=O) groups excluding carboxylic acids is 1. The maximum atomic E-state index is 11.7. The molecular weight excluding hydrogens is 266 g/mol. The third kappa shape index (κ3) is 4.46. The second-order valence-corrected chi connectivity index (χ2v) is 6.00. The van der Waals surface area contributed by atoms with E-state index in [1.54, 1.807) is 0 Å². The zero-order valence-corrected chi connectivity index (χ0v) is 13.3. The molecule has 0 radical (unpaired) electrons. The third-order valence-electron chi connectivity index (χ3n) is 3.78. The number of nitrogens with one attached hydrogen (secondary N) is 1. The summed E-state index contributed by atoms with van der Waals surface area (Å²) >= 11 is 0. The number of hydrogen-bond donors (Lipinski definition) is 1. The normalized spacial score (nSPS) is 15.9. The van der Waals surface area contributed by atoms with E-state index in [1.807, 2.05) is 12.1 Å². The van der Waals surface area contributed by atoms with Crippen LogP contribution < -0.4 is 10.1 Å². The highest BCUT2D eigenvalue weighted by Crippen LogP contribution is 2.24. The fourth-order valence-electron chi connectivity index (χ4n) is 2.43. The van der Waals surface area contributed by atoms with E-state index in [0.717, 1.165) is 18.6 Å². The van der Waals surface area contributed by atoms with Gasteiger partial charge in [-0.05, 0) is 48.9 Å². The molecular formula is C17H25NO3. The predicted molar refractivity (Wildman–Crippen MR) is 82.7 cm³/mol. The Morgan fingerprint density at radius 2 is 2.10 bits per heavy atom. The summed E-state index contributed by atoms with van der Waals surface area (Å²) in [7, 11) is 1.41. The molecule has 1 aliphatic rings. The van der Waals surface area contributed by atoms with Crippen LogP contribution in [0, 0.1) is 6.92 Å². The maximum Gasteiger partial charge on any atom is 0.326 e. The Hall–Kier alpha value is -1.55. The van der Waals surface area contributed by atoms with Gasteiger partial charge in [0.25, 0.3) is 0 Å². The van der Waals surface area contributed by atoms with Gasteiger partial charge in [-0.2, -0.15) is 0 Å². The van der Waals surface area contributed by atoms with E-state index in [9.17, 15) is 4.79 Å². The first kappa shape index (κ1) is 15.8. The topological polar surface area (TPSA) is 47.6 Å². The number of hydrogen-bond acceptors (Lipinski definition) is 4. The van der Waals surface area contributed by atoms with Crippen LogP contribution in [-0.2, 0) is 9.53 Å². The van der Waals surface area contributed by atoms with Crippen molar-refractivity contribution in [3.63, 3.8) is 0 Å². The zero-order chi connectivity index (χ0) is 15.4. The van der Waals surface area contributed by atoms with Gasteiger partial charge in [0.15, 0.2) is 0 Å². The molecule has 0 aromatic heterocycles. The Morgan fingerprint density at radius 1 is 1.38 bits per heavy atom. The molecule has 0 heterocycles. The molecule has 1 atom stereocenters. The Morgan fingerprint density at radius 3 is 2.62 bits per heavy atom. The molecule has 0 bridgehead atoms. The summed E-state index contributed by atoms with van der Waals surface area (Å²) in [5.41, 5.74) is 2.54. The lowest BCUT2D eigenvalue weighted by molar-refractivity contribution is -0.144. The average Bonchev–Trinajstić information content (AvgIpc) is 3.26. The molecule has 1 saturated carbocycles. The number of methoxy groups -OCH3 is 1. The van der Waals surface area contributed by atoms with E-state index in [-0.39, 0.29) is 5.97 Å². The summed E-state index contributed by atoms with van der Waals surface area (Å²) in [6, 6.07) is 6.13. The summed E-state index contributed by atoms with van der Waals surface area (Å²) in [4.78, 5) is 11.7. The summed E-state index contributed by atoms with van der Waals surface area (Å²) in [6.07, 6.45) is 2.24. The van der Waals surface area contributed by atoms with E-state index >= 15 is 0 Å². The SMILES string of the molecule is COC(=O)C(COc1ccc(C(C)C)c(C)c1)NC1CC1. The fourth-order valence-corrected chi connectivity index (χ4v) is 2.43. The highest BCUT2D eigenvalue weighted by atomic mass is 16.5. The average molecular weight is 291 g/mol. The molecule has 21 heavy (non-hydrogen) atoms. The van der Waals surface area contributed by atoms with Gasteiger partial charge in [-0.3, -0.25) is 10.1 Å². The molecule has 1 aromatic carbocycles. The molecule has 1 aromatic rings. The second kappa shape index (κ2) is 6.94. The molecule has 4 heteroatoms. The monoisotopic (exact) mass is 291 g/mol. The molecule has 2 rings (SSSR count). The molecule has 1 fully saturated rings. The van der Waals surface area contributed by atoms with Gasteiger partial charge < -0.3 is 9.47 Å². The lowest BCUT2D eigenvalue weighted by atomic mass is 9.98. The number of esters is 1. The van der Waals surface area contributed by atoms with Crippen LogP contribution in [0.2, 0.25) is 0 Å². The van der Waals surface area contributed by atoms with E-state index in [4.69, 9.17) is 9.47 Å². The molecule has 0 spiro atoms. The predicted octanol–water partition coefficient (Wildman–Crippen LogP) is 2.79. The quantitative estimate of drug-likeness (QED) is 0.785. The molecule has 116 valence electrons. The molecule has 1 N–H and O–H groups in total. The van der Waals surface area contributed by atoms with Gasteiger partial charge in [-0.15, -0.1) is 0 Å². The summed E-state index contributed by atoms with van der Waals surface area (Å²) < 4.78 is 10.6. The lowest BCUT2D eigenvalue weighted by Gasteiger charge is -2.18. The van der Waals surface area contributed by atoms with Gasteiger partial charge in [-0.1, -0.05) is 19.9 Å². The van der Waals surface area contributed by atoms with Crippen LogP contribution in [0.1, 0.15) is 43.7 Å². The van der Waals surface area contributed by atoms with Gasteiger partial charge in [0.05, 0.1) is 7.11 Å². The number of aryl methyl sites for hydroxylation is 1. The van der Waals surface area contributed by atoms with Crippen LogP contribution >= 0.6 is 0 Å². The largest absolute Gasteiger partial charge is 0.491 e. The molecule has 0 aliphatic heterocycles. The highest BCUT2D eigenvalue weighted by Gasteiger charge is 2.29. The molecule has 0 amide bonds. The Labute approximate surface area is 126 Å². The summed E-state index contributed by atoms with van der Waals surface area (Å²) in [6.45, 7) is 6.73. The van der Waals surface area contributed by atoms with Crippen LogP contribution in [0.5, 0.6) is 5.75 Å². The van der Waals surface area contributed by atoms with Crippen molar-refractivity contribution in [1.29, 1.82) is 0 Å². The number of carbonyl (C=O) groups is 1. The van der Waals surface area contributed by atoms with Crippen LogP contribution in [0.4, 0.5) is 0 Å². The van der Waals surface area contributed by atoms with Gasteiger partial charge in [-0.25, -0.2) is 0 Å². The van der Waals surface area contributed by atoms with Crippen molar-refractivity contribution in [3.05, 3.63) is 29.3 Å². The van der Waals surface area contributed by atoms with Crippen LogP contribution in [0.15, 0.2) is 18.2 Å². The molecule has 1 unspecified atom stereocenters. The minimum Gasteiger partial charge on any atom is -0.491 e. The molecule has 0 saturated heterocycles. The Bertz CT molecular complexity index is 495. The lowest BCUT2D eigenvalue weighted by Crippen LogP contribution is -2.43. The van der Waals surface area contributed by atoms with Crippen LogP contribution in [0.25, 0.3) is 0 Å². The first-order valence-electron chi connectivity index (χ1n) is 7.58. The van der Waals surface area contributed by atoms with Crippen molar-refractivity contribution in [2.75, 3.05) is 13.7 Å². The zero-order valence-electron chi connectivity index (χ0n) is 13.3. The number of ether oxygens (including phenoxy) is 2. The molecule has 4 nitrogen and oxygen atoms in total. The van der Waals surface area contributed by atoms with Crippen molar-refractivity contribution in [1.82, 2.24) is 5.32 Å². The fraction of sp³-hybridized carbons (Fsp3) is 0.588. The molecule has 1 aliphatic carbocycles. The van der Waals surface area contributed by atoms with Crippen molar-refractivity contribution in [3.8, 4) is 5.75 Å². The summed E-state index contributed by atoms with van der Waals surface area (Å²) in [5.74, 6) is 1.03. The van der Waals surface area contributed by atoms with Crippen molar-refractivity contribution in [2.24, 2.45) is 0 Å². The van der Waals surface area contributed by atoms with E-state index in [0.29, 0.717) is 18.6 Å². The Kier molecular flexibility index (Phi) is 5.23. The van der Waals surface area contributed by atoms with Crippen LogP contribution in [-0.4, -0.2) is 31.8 Å². The minimum atomic E-state index is -0.396. The smallest absolute Gasteiger partial charge is 0.326 e. The van der Waals surface area contributed by atoms with E-state index in [1.165, 1.54) is 18.2 Å². The Balaban J connectivity index is 1.96. The van der Waals surface area contributed by atoms with Crippen LogP contribution in [0.3, 0.4) is 0 Å². The summed E-state index contributed by atoms with van der Waals surface area (Å²) in [5, 5.41) is 3.26. The first-order chi connectivity index (χ1) is 10.0. The standard InChI is InChI=1S/C17H25NO3/c1-11(2)15-8-7-14(9-12(15)3)21-10-16(17(19)20-4)18-13-5-6-13/h7-9,11,13,16,18H,5-6,10H2,1-4H3. The highest BCUT2D eigenvalue weighted by molar-refractivity contribution is 5.76. The number of rotatable bonds is 7. The van der Waals surface area contributed by atoms with Crippen molar-refractivity contribution < 1.29 is 14.3 Å². The minimum absolute atomic E-state index is 0.266. The van der Waals surface area contributed by atoms with Gasteiger partial charge >= 0.3 is 5.97 Å². The first-order valence-corrected chi connectivity index (χ1v) is 7.58. The van der Waals surface area contributed by atoms with E-state index in [2.05, 4.69) is 32.2 Å². The second-order valence-electron chi connectivity index (χ2n) is 6.00. The third-order valence-corrected chi connectivity index (χ3v) is 3.78.